The number of anilines is 1. The zero-order valence-corrected chi connectivity index (χ0v) is 11.7. The van der Waals surface area contributed by atoms with Gasteiger partial charge in [0, 0.05) is 36.6 Å². The van der Waals surface area contributed by atoms with E-state index in [2.05, 4.69) is 4.98 Å². The molecule has 2 rings (SSSR count). The van der Waals surface area contributed by atoms with Gasteiger partial charge < -0.3 is 15.4 Å². The fourth-order valence-electron chi connectivity index (χ4n) is 2.18. The van der Waals surface area contributed by atoms with Crippen molar-refractivity contribution in [3.05, 3.63) is 24.0 Å². The molecule has 1 aliphatic heterocycles. The standard InChI is InChI=1S/C14H21N3O2/c1-14(2,3)19-13(18)17-7-5-10(9-17)12-8-11(15)4-6-16-12/h4,6,8,10H,5,7,9H2,1-3H3,(H2,15,16). The third kappa shape index (κ3) is 3.59. The SMILES string of the molecule is CC(C)(C)OC(=O)N1CCC(c2cc(N)ccn2)C1. The fraction of sp³-hybridized carbons (Fsp3) is 0.571. The number of ether oxygens (including phenoxy) is 1. The Labute approximate surface area is 113 Å². The normalized spacial score (nSPS) is 19.5. The lowest BCUT2D eigenvalue weighted by Crippen LogP contribution is -2.35. The molecule has 1 aromatic rings. The molecule has 0 aliphatic carbocycles. The third-order valence-electron chi connectivity index (χ3n) is 3.06. The van der Waals surface area contributed by atoms with Crippen LogP contribution in [0.25, 0.3) is 0 Å². The van der Waals surface area contributed by atoms with Gasteiger partial charge in [-0.05, 0) is 39.3 Å². The maximum atomic E-state index is 12.0. The van der Waals surface area contributed by atoms with Crippen LogP contribution >= 0.6 is 0 Å². The Kier molecular flexibility index (Phi) is 3.64. The van der Waals surface area contributed by atoms with Crippen molar-refractivity contribution < 1.29 is 9.53 Å². The minimum Gasteiger partial charge on any atom is -0.444 e. The van der Waals surface area contributed by atoms with Gasteiger partial charge >= 0.3 is 6.09 Å². The Morgan fingerprint density at radius 2 is 2.26 bits per heavy atom. The van der Waals surface area contributed by atoms with E-state index in [9.17, 15) is 4.79 Å². The van der Waals surface area contributed by atoms with E-state index in [1.165, 1.54) is 0 Å². The van der Waals surface area contributed by atoms with E-state index in [0.29, 0.717) is 18.8 Å². The number of carbonyl (C=O) groups is 1. The molecular formula is C14H21N3O2. The summed E-state index contributed by atoms with van der Waals surface area (Å²) >= 11 is 0. The summed E-state index contributed by atoms with van der Waals surface area (Å²) in [5, 5.41) is 0. The molecule has 2 heterocycles. The Bertz CT molecular complexity index is 468. The molecule has 5 nitrogen and oxygen atoms in total. The second-order valence-electron chi connectivity index (χ2n) is 5.93. The van der Waals surface area contributed by atoms with Crippen LogP contribution in [-0.4, -0.2) is 34.7 Å². The highest BCUT2D eigenvalue weighted by Gasteiger charge is 2.31. The number of nitrogen functional groups attached to an aromatic ring is 1. The van der Waals surface area contributed by atoms with Gasteiger partial charge in [0.1, 0.15) is 5.60 Å². The van der Waals surface area contributed by atoms with E-state index >= 15 is 0 Å². The summed E-state index contributed by atoms with van der Waals surface area (Å²) in [5.74, 6) is 0.246. The lowest BCUT2D eigenvalue weighted by molar-refractivity contribution is 0.0292. The number of aromatic nitrogens is 1. The summed E-state index contributed by atoms with van der Waals surface area (Å²) in [5.41, 5.74) is 6.96. The van der Waals surface area contributed by atoms with Crippen molar-refractivity contribution in [1.82, 2.24) is 9.88 Å². The van der Waals surface area contributed by atoms with Crippen LogP contribution in [0.4, 0.5) is 10.5 Å². The molecule has 1 atom stereocenters. The first-order valence-electron chi connectivity index (χ1n) is 6.54. The molecule has 1 unspecified atom stereocenters. The quantitative estimate of drug-likeness (QED) is 0.844. The summed E-state index contributed by atoms with van der Waals surface area (Å²) in [6.45, 7) is 6.97. The summed E-state index contributed by atoms with van der Waals surface area (Å²) in [6.07, 6.45) is 2.36. The first kappa shape index (κ1) is 13.6. The molecule has 0 aromatic carbocycles. The highest BCUT2D eigenvalue weighted by molar-refractivity contribution is 5.68. The zero-order chi connectivity index (χ0) is 14.0. The number of hydrogen-bond acceptors (Lipinski definition) is 4. The molecule has 1 saturated heterocycles. The monoisotopic (exact) mass is 263 g/mol. The van der Waals surface area contributed by atoms with Crippen molar-refractivity contribution in [2.24, 2.45) is 0 Å². The number of nitrogens with two attached hydrogens (primary N) is 1. The number of nitrogens with zero attached hydrogens (tertiary/aromatic N) is 2. The Morgan fingerprint density at radius 1 is 1.53 bits per heavy atom. The van der Waals surface area contributed by atoms with Crippen LogP contribution < -0.4 is 5.73 Å². The maximum Gasteiger partial charge on any atom is 0.410 e. The minimum atomic E-state index is -0.454. The molecule has 0 radical (unpaired) electrons. The lowest BCUT2D eigenvalue weighted by Gasteiger charge is -2.24. The first-order chi connectivity index (χ1) is 8.85. The van der Waals surface area contributed by atoms with E-state index in [-0.39, 0.29) is 12.0 Å². The molecule has 5 heteroatoms. The summed E-state index contributed by atoms with van der Waals surface area (Å²) in [6, 6.07) is 3.65. The lowest BCUT2D eigenvalue weighted by atomic mass is 10.0. The Balaban J connectivity index is 1.98. The van der Waals surface area contributed by atoms with Crippen LogP contribution in [-0.2, 0) is 4.74 Å². The van der Waals surface area contributed by atoms with Crippen molar-refractivity contribution in [1.29, 1.82) is 0 Å². The highest BCUT2D eigenvalue weighted by Crippen LogP contribution is 2.27. The van der Waals surface area contributed by atoms with Gasteiger partial charge in [-0.3, -0.25) is 4.98 Å². The second kappa shape index (κ2) is 5.07. The Hall–Kier alpha value is -1.78. The van der Waals surface area contributed by atoms with Gasteiger partial charge in [-0.25, -0.2) is 4.79 Å². The van der Waals surface area contributed by atoms with Gasteiger partial charge in [0.2, 0.25) is 0 Å². The number of rotatable bonds is 1. The fourth-order valence-corrected chi connectivity index (χ4v) is 2.18. The van der Waals surface area contributed by atoms with Gasteiger partial charge in [-0.1, -0.05) is 0 Å². The largest absolute Gasteiger partial charge is 0.444 e. The number of carbonyl (C=O) groups excluding carboxylic acids is 1. The average molecular weight is 263 g/mol. The van der Waals surface area contributed by atoms with Crippen molar-refractivity contribution in [2.75, 3.05) is 18.8 Å². The van der Waals surface area contributed by atoms with Crippen LogP contribution in [0, 0.1) is 0 Å². The van der Waals surface area contributed by atoms with Crippen LogP contribution in [0.2, 0.25) is 0 Å². The van der Waals surface area contributed by atoms with Crippen LogP contribution in [0.1, 0.15) is 38.8 Å². The molecule has 19 heavy (non-hydrogen) atoms. The second-order valence-corrected chi connectivity index (χ2v) is 5.93. The molecule has 1 aromatic heterocycles. The molecule has 0 spiro atoms. The molecule has 0 saturated carbocycles. The number of pyridine rings is 1. The van der Waals surface area contributed by atoms with Crippen molar-refractivity contribution in [2.45, 2.75) is 38.7 Å². The van der Waals surface area contributed by atoms with Crippen LogP contribution in [0.3, 0.4) is 0 Å². The van der Waals surface area contributed by atoms with E-state index < -0.39 is 5.60 Å². The van der Waals surface area contributed by atoms with Gasteiger partial charge in [0.05, 0.1) is 0 Å². The third-order valence-corrected chi connectivity index (χ3v) is 3.06. The van der Waals surface area contributed by atoms with Crippen LogP contribution in [0.15, 0.2) is 18.3 Å². The van der Waals surface area contributed by atoms with E-state index in [4.69, 9.17) is 10.5 Å². The van der Waals surface area contributed by atoms with Gasteiger partial charge in [0.25, 0.3) is 0 Å². The summed E-state index contributed by atoms with van der Waals surface area (Å²) < 4.78 is 5.37. The average Bonchev–Trinajstić information content (AvgIpc) is 2.75. The predicted octanol–water partition coefficient (Wildman–Crippen LogP) is 2.39. The maximum absolute atomic E-state index is 12.0. The molecule has 104 valence electrons. The molecule has 1 aliphatic rings. The molecule has 0 bridgehead atoms. The number of amides is 1. The predicted molar refractivity (Wildman–Crippen MR) is 73.8 cm³/mol. The molecule has 2 N–H and O–H groups in total. The zero-order valence-electron chi connectivity index (χ0n) is 11.7. The van der Waals surface area contributed by atoms with Gasteiger partial charge in [0.15, 0.2) is 0 Å². The minimum absolute atomic E-state index is 0.246. The topological polar surface area (TPSA) is 68.5 Å². The molecule has 1 fully saturated rings. The highest BCUT2D eigenvalue weighted by atomic mass is 16.6. The van der Waals surface area contributed by atoms with Crippen LogP contribution in [0.5, 0.6) is 0 Å². The smallest absolute Gasteiger partial charge is 0.410 e. The number of likely N-dealkylation sites (tertiary alicyclic amines) is 1. The van der Waals surface area contributed by atoms with Crippen molar-refractivity contribution in [3.8, 4) is 0 Å². The summed E-state index contributed by atoms with van der Waals surface area (Å²) in [4.78, 5) is 18.0. The van der Waals surface area contributed by atoms with E-state index in [1.807, 2.05) is 26.8 Å². The first-order valence-corrected chi connectivity index (χ1v) is 6.54. The Morgan fingerprint density at radius 3 is 2.89 bits per heavy atom. The van der Waals surface area contributed by atoms with E-state index in [1.54, 1.807) is 17.2 Å². The van der Waals surface area contributed by atoms with E-state index in [0.717, 1.165) is 12.1 Å². The number of hydrogen-bond donors (Lipinski definition) is 1. The van der Waals surface area contributed by atoms with Gasteiger partial charge in [-0.15, -0.1) is 0 Å². The van der Waals surface area contributed by atoms with Crippen molar-refractivity contribution >= 4 is 11.8 Å². The molecular weight excluding hydrogens is 242 g/mol. The van der Waals surface area contributed by atoms with Gasteiger partial charge in [-0.2, -0.15) is 0 Å². The van der Waals surface area contributed by atoms with Crippen molar-refractivity contribution in [3.63, 3.8) is 0 Å². The summed E-state index contributed by atoms with van der Waals surface area (Å²) in [7, 11) is 0. The molecule has 1 amide bonds.